The number of nitrogens with zero attached hydrogens (tertiary/aromatic N) is 4. The van der Waals surface area contributed by atoms with Gasteiger partial charge in [-0.2, -0.15) is 10.2 Å². The molecule has 0 aliphatic rings. The van der Waals surface area contributed by atoms with Crippen molar-refractivity contribution < 1.29 is 4.42 Å². The van der Waals surface area contributed by atoms with E-state index in [1.807, 2.05) is 0 Å². The number of anilines is 1. The van der Waals surface area contributed by atoms with E-state index in [0.717, 1.165) is 0 Å². The first kappa shape index (κ1) is 9.64. The van der Waals surface area contributed by atoms with E-state index in [9.17, 15) is 0 Å². The third-order valence-corrected chi connectivity index (χ3v) is 2.34. The van der Waals surface area contributed by atoms with Crippen molar-refractivity contribution in [2.75, 3.05) is 5.73 Å². The molecule has 0 aromatic carbocycles. The zero-order valence-electron chi connectivity index (χ0n) is 9.08. The molecule has 86 valence electrons. The van der Waals surface area contributed by atoms with Gasteiger partial charge < -0.3 is 10.2 Å². The lowest BCUT2D eigenvalue weighted by molar-refractivity contribution is 0.577. The zero-order chi connectivity index (χ0) is 11.8. The number of nitrogen functional groups attached to an aromatic ring is 1. The Bertz CT molecular complexity index is 636. The average molecular weight is 230 g/mol. The lowest BCUT2D eigenvalue weighted by Crippen LogP contribution is -1.91. The SMILES string of the molecule is Cn1cc(-c2n[nH]c(-c3ccco3)n2)c(N)n1. The van der Waals surface area contributed by atoms with Crippen LogP contribution in [0.3, 0.4) is 0 Å². The summed E-state index contributed by atoms with van der Waals surface area (Å²) < 4.78 is 6.84. The third-order valence-electron chi connectivity index (χ3n) is 2.34. The first-order valence-electron chi connectivity index (χ1n) is 5.00. The van der Waals surface area contributed by atoms with Crippen LogP contribution in [0.4, 0.5) is 5.82 Å². The molecule has 0 aliphatic carbocycles. The average Bonchev–Trinajstić information content (AvgIpc) is 2.97. The van der Waals surface area contributed by atoms with Crippen LogP contribution < -0.4 is 5.73 Å². The molecule has 0 unspecified atom stereocenters. The van der Waals surface area contributed by atoms with Crippen LogP contribution in [0.5, 0.6) is 0 Å². The second kappa shape index (κ2) is 3.48. The molecule has 0 saturated carbocycles. The number of aromatic nitrogens is 5. The van der Waals surface area contributed by atoms with Gasteiger partial charge in [0.25, 0.3) is 0 Å². The molecule has 0 amide bonds. The Morgan fingerprint density at radius 2 is 2.35 bits per heavy atom. The van der Waals surface area contributed by atoms with E-state index in [0.29, 0.717) is 28.8 Å². The Kier molecular flexibility index (Phi) is 1.97. The molecule has 0 fully saturated rings. The van der Waals surface area contributed by atoms with Gasteiger partial charge in [0.1, 0.15) is 0 Å². The van der Waals surface area contributed by atoms with Crippen LogP contribution in [0.15, 0.2) is 29.0 Å². The maximum atomic E-state index is 5.75. The summed E-state index contributed by atoms with van der Waals surface area (Å²) in [5, 5.41) is 10.9. The molecule has 0 atom stereocenters. The summed E-state index contributed by atoms with van der Waals surface area (Å²) in [4.78, 5) is 4.30. The normalized spacial score (nSPS) is 10.9. The van der Waals surface area contributed by atoms with Gasteiger partial charge in [0.2, 0.25) is 0 Å². The predicted octanol–water partition coefficient (Wildman–Crippen LogP) is 1.05. The Balaban J connectivity index is 2.03. The molecule has 17 heavy (non-hydrogen) atoms. The topological polar surface area (TPSA) is 98.5 Å². The van der Waals surface area contributed by atoms with Crippen molar-refractivity contribution in [2.45, 2.75) is 0 Å². The second-order valence-electron chi connectivity index (χ2n) is 3.59. The minimum absolute atomic E-state index is 0.400. The van der Waals surface area contributed by atoms with E-state index >= 15 is 0 Å². The summed E-state index contributed by atoms with van der Waals surface area (Å²) in [6.07, 6.45) is 3.35. The molecule has 3 N–H and O–H groups in total. The number of aromatic amines is 1. The molecule has 7 nitrogen and oxygen atoms in total. The van der Waals surface area contributed by atoms with Crippen molar-refractivity contribution >= 4 is 5.82 Å². The van der Waals surface area contributed by atoms with Gasteiger partial charge in [-0.1, -0.05) is 0 Å². The summed E-state index contributed by atoms with van der Waals surface area (Å²) in [6.45, 7) is 0. The van der Waals surface area contributed by atoms with Crippen molar-refractivity contribution in [3.63, 3.8) is 0 Å². The van der Waals surface area contributed by atoms with Crippen LogP contribution in [0.25, 0.3) is 23.0 Å². The Hall–Kier alpha value is -2.57. The third kappa shape index (κ3) is 1.57. The van der Waals surface area contributed by atoms with Crippen molar-refractivity contribution in [3.8, 4) is 23.0 Å². The van der Waals surface area contributed by atoms with Crippen LogP contribution in [-0.2, 0) is 7.05 Å². The van der Waals surface area contributed by atoms with Crippen LogP contribution >= 0.6 is 0 Å². The Morgan fingerprint density at radius 3 is 3.00 bits per heavy atom. The van der Waals surface area contributed by atoms with Gasteiger partial charge >= 0.3 is 0 Å². The molecule has 0 radical (unpaired) electrons. The van der Waals surface area contributed by atoms with Gasteiger partial charge in [-0.05, 0) is 12.1 Å². The van der Waals surface area contributed by atoms with Crippen molar-refractivity contribution in [3.05, 3.63) is 24.6 Å². The summed E-state index contributed by atoms with van der Waals surface area (Å²) in [7, 11) is 1.79. The Labute approximate surface area is 96.3 Å². The van der Waals surface area contributed by atoms with Gasteiger partial charge in [-0.15, -0.1) is 0 Å². The number of nitrogens with one attached hydrogen (secondary N) is 1. The number of furan rings is 1. The lowest BCUT2D eigenvalue weighted by Gasteiger charge is -1.88. The molecule has 0 aliphatic heterocycles. The first-order chi connectivity index (χ1) is 8.24. The van der Waals surface area contributed by atoms with Crippen LogP contribution in [0, 0.1) is 0 Å². The molecular formula is C10H10N6O. The number of H-pyrrole nitrogens is 1. The predicted molar refractivity (Wildman–Crippen MR) is 60.7 cm³/mol. The van der Waals surface area contributed by atoms with Gasteiger partial charge in [0.15, 0.2) is 23.2 Å². The quantitative estimate of drug-likeness (QED) is 0.685. The zero-order valence-corrected chi connectivity index (χ0v) is 9.08. The maximum absolute atomic E-state index is 5.75. The van der Waals surface area contributed by atoms with Crippen molar-refractivity contribution in [1.29, 1.82) is 0 Å². The van der Waals surface area contributed by atoms with Crippen molar-refractivity contribution in [1.82, 2.24) is 25.0 Å². The molecule has 3 rings (SSSR count). The smallest absolute Gasteiger partial charge is 0.192 e. The summed E-state index contributed by atoms with van der Waals surface area (Å²) >= 11 is 0. The van der Waals surface area contributed by atoms with Crippen LogP contribution in [0.2, 0.25) is 0 Å². The fourth-order valence-electron chi connectivity index (χ4n) is 1.58. The highest BCUT2D eigenvalue weighted by Gasteiger charge is 2.14. The van der Waals surface area contributed by atoms with E-state index in [1.54, 1.807) is 36.3 Å². The van der Waals surface area contributed by atoms with E-state index in [4.69, 9.17) is 10.2 Å². The number of rotatable bonds is 2. The molecule has 3 heterocycles. The van der Waals surface area contributed by atoms with E-state index < -0.39 is 0 Å². The molecule has 0 spiro atoms. The van der Waals surface area contributed by atoms with Crippen LogP contribution in [-0.4, -0.2) is 25.0 Å². The second-order valence-corrected chi connectivity index (χ2v) is 3.59. The molecular weight excluding hydrogens is 220 g/mol. The molecule has 7 heteroatoms. The van der Waals surface area contributed by atoms with E-state index in [-0.39, 0.29) is 0 Å². The Morgan fingerprint density at radius 1 is 1.47 bits per heavy atom. The number of hydrogen-bond acceptors (Lipinski definition) is 5. The summed E-state index contributed by atoms with van der Waals surface area (Å²) in [5.74, 6) is 2.10. The lowest BCUT2D eigenvalue weighted by atomic mass is 10.3. The fraction of sp³-hybridized carbons (Fsp3) is 0.100. The summed E-state index contributed by atoms with van der Waals surface area (Å²) in [5.41, 5.74) is 6.45. The fourth-order valence-corrected chi connectivity index (χ4v) is 1.58. The van der Waals surface area contributed by atoms with Crippen LogP contribution in [0.1, 0.15) is 0 Å². The number of hydrogen-bond donors (Lipinski definition) is 2. The highest BCUT2D eigenvalue weighted by molar-refractivity contribution is 5.68. The minimum Gasteiger partial charge on any atom is -0.461 e. The van der Waals surface area contributed by atoms with Gasteiger partial charge in [-0.3, -0.25) is 9.78 Å². The molecule has 3 aromatic rings. The van der Waals surface area contributed by atoms with Gasteiger partial charge in [0, 0.05) is 13.2 Å². The number of nitrogens with two attached hydrogens (primary N) is 1. The van der Waals surface area contributed by atoms with Gasteiger partial charge in [-0.25, -0.2) is 4.98 Å². The number of aryl methyl sites for hydroxylation is 1. The highest BCUT2D eigenvalue weighted by atomic mass is 16.3. The standard InChI is InChI=1S/C10H10N6O/c1-16-5-6(8(11)15-16)9-12-10(14-13-9)7-3-2-4-17-7/h2-5H,1H3,(H2,11,15)(H,12,13,14). The molecule has 0 bridgehead atoms. The maximum Gasteiger partial charge on any atom is 0.192 e. The highest BCUT2D eigenvalue weighted by Crippen LogP contribution is 2.23. The van der Waals surface area contributed by atoms with E-state index in [1.165, 1.54) is 0 Å². The van der Waals surface area contributed by atoms with E-state index in [2.05, 4.69) is 20.3 Å². The first-order valence-corrected chi connectivity index (χ1v) is 5.00. The largest absolute Gasteiger partial charge is 0.461 e. The monoisotopic (exact) mass is 230 g/mol. The summed E-state index contributed by atoms with van der Waals surface area (Å²) in [6, 6.07) is 3.59. The molecule has 0 saturated heterocycles. The molecule has 3 aromatic heterocycles. The van der Waals surface area contributed by atoms with Crippen molar-refractivity contribution in [2.24, 2.45) is 7.05 Å². The minimum atomic E-state index is 0.400. The van der Waals surface area contributed by atoms with Gasteiger partial charge in [0.05, 0.1) is 11.8 Å².